The molecule has 6 atom stereocenters. The number of para-hydroxylation sites is 1. The highest BCUT2D eigenvalue weighted by molar-refractivity contribution is 5.78. The van der Waals surface area contributed by atoms with Crippen LogP contribution in [-0.4, -0.2) is 90.9 Å². The normalized spacial score (nSPS) is 15.5. The van der Waals surface area contributed by atoms with E-state index >= 15 is 0 Å². The average Bonchev–Trinajstić information content (AvgIpc) is 2.98. The smallest absolute Gasteiger partial charge is 0.327 e. The molecule has 0 fully saturated rings. The number of carboxylic acids is 1. The summed E-state index contributed by atoms with van der Waals surface area (Å²) >= 11 is 0. The first-order valence-electron chi connectivity index (χ1n) is 14.9. The number of hydrogen-bond acceptors (Lipinski definition) is 8. The van der Waals surface area contributed by atoms with Crippen LogP contribution in [0.25, 0.3) is 0 Å². The Labute approximate surface area is 247 Å². The molecule has 0 saturated carbocycles. The molecule has 0 bridgehead atoms. The van der Waals surface area contributed by atoms with Crippen molar-refractivity contribution in [1.29, 1.82) is 0 Å². The number of aliphatic hydroxyl groups is 2. The van der Waals surface area contributed by atoms with Crippen LogP contribution < -0.4 is 4.74 Å². The van der Waals surface area contributed by atoms with Crippen molar-refractivity contribution in [3.63, 3.8) is 0 Å². The Hall–Kier alpha value is -2.01. The largest absolute Gasteiger partial charge is 0.488 e. The maximum Gasteiger partial charge on any atom is 0.327 e. The Kier molecular flexibility index (Phi) is 24.4. The number of carboxylic acid groups (broad SMARTS) is 1. The Balaban J connectivity index is 0.00000292. The predicted molar refractivity (Wildman–Crippen MR) is 161 cm³/mol. The molecule has 0 aromatic heterocycles. The van der Waals surface area contributed by atoms with E-state index in [0.29, 0.717) is 19.8 Å². The van der Waals surface area contributed by atoms with Crippen molar-refractivity contribution >= 4 is 5.97 Å². The van der Waals surface area contributed by atoms with Crippen LogP contribution >= 0.6 is 0 Å². The summed E-state index contributed by atoms with van der Waals surface area (Å²) in [6.07, 6.45) is 7.25. The van der Waals surface area contributed by atoms with E-state index in [1.165, 1.54) is 25.7 Å². The third kappa shape index (κ3) is 23.3. The van der Waals surface area contributed by atoms with Gasteiger partial charge in [0.2, 0.25) is 0 Å². The first kappa shape index (κ1) is 39.0. The number of carbonyl (C=O) groups is 1. The van der Waals surface area contributed by atoms with Crippen LogP contribution in [0, 0.1) is 0 Å². The first-order valence-corrected chi connectivity index (χ1v) is 14.9. The van der Waals surface area contributed by atoms with Crippen molar-refractivity contribution < 1.29 is 43.8 Å². The van der Waals surface area contributed by atoms with Crippen LogP contribution in [0.4, 0.5) is 0 Å². The van der Waals surface area contributed by atoms with Gasteiger partial charge in [-0.15, -0.1) is 0 Å². The second kappa shape index (κ2) is 25.7. The van der Waals surface area contributed by atoms with E-state index < -0.39 is 12.1 Å². The van der Waals surface area contributed by atoms with E-state index in [9.17, 15) is 9.90 Å². The van der Waals surface area contributed by atoms with Crippen molar-refractivity contribution in [3.05, 3.63) is 43.0 Å². The highest BCUT2D eigenvalue weighted by atomic mass is 16.6. The summed E-state index contributed by atoms with van der Waals surface area (Å²) in [5.74, 6) is -0.215. The van der Waals surface area contributed by atoms with Gasteiger partial charge in [0.15, 0.2) is 0 Å². The minimum atomic E-state index is -0.981. The maximum atomic E-state index is 10.9. The van der Waals surface area contributed by atoms with Gasteiger partial charge in [-0.1, -0.05) is 63.8 Å². The summed E-state index contributed by atoms with van der Waals surface area (Å²) in [5.41, 5.74) is 0. The van der Waals surface area contributed by atoms with Gasteiger partial charge < -0.3 is 39.0 Å². The van der Waals surface area contributed by atoms with E-state index in [1.807, 2.05) is 58.0 Å². The molecule has 0 radical (unpaired) electrons. The molecule has 9 nitrogen and oxygen atoms in total. The molecule has 6 unspecified atom stereocenters. The summed E-state index contributed by atoms with van der Waals surface area (Å²) < 4.78 is 29.1. The molecule has 0 heterocycles. The standard InChI is InChI=1S/C29H52O7.C3H4O2/c1-6-7-8-9-10-14-17-29(36-27-15-12-11-13-16-27)28(31)22-35-26(5)21-34-25(4)20-33-24(3)19-32-23(2)18-30;1-2-3(4)5/h11-13,15-16,23-26,28-31H,6-10,14,17-22H2,1-5H3;2H,1H2,(H,4,5). The highest BCUT2D eigenvalue weighted by Crippen LogP contribution is 2.18. The van der Waals surface area contributed by atoms with Gasteiger partial charge in [0.1, 0.15) is 18.0 Å². The van der Waals surface area contributed by atoms with Gasteiger partial charge in [0.25, 0.3) is 0 Å². The molecule has 9 heteroatoms. The average molecular weight is 585 g/mol. The fourth-order valence-corrected chi connectivity index (χ4v) is 3.60. The molecule has 238 valence electrons. The Morgan fingerprint density at radius 1 is 0.805 bits per heavy atom. The van der Waals surface area contributed by atoms with Crippen LogP contribution in [0.3, 0.4) is 0 Å². The van der Waals surface area contributed by atoms with Crippen LogP contribution in [-0.2, 0) is 23.7 Å². The molecule has 0 spiro atoms. The topological polar surface area (TPSA) is 124 Å². The lowest BCUT2D eigenvalue weighted by molar-refractivity contribution is -0.131. The van der Waals surface area contributed by atoms with Crippen LogP contribution in [0.5, 0.6) is 5.75 Å². The zero-order chi connectivity index (χ0) is 30.9. The summed E-state index contributed by atoms with van der Waals surface area (Å²) in [5, 5.41) is 27.5. The molecule has 41 heavy (non-hydrogen) atoms. The minimum Gasteiger partial charge on any atom is -0.488 e. The van der Waals surface area contributed by atoms with E-state index in [4.69, 9.17) is 33.9 Å². The molecule has 0 saturated heterocycles. The van der Waals surface area contributed by atoms with Crippen molar-refractivity contribution in [1.82, 2.24) is 0 Å². The van der Waals surface area contributed by atoms with Crippen LogP contribution in [0.2, 0.25) is 0 Å². The number of benzene rings is 1. The van der Waals surface area contributed by atoms with Crippen molar-refractivity contribution in [3.8, 4) is 5.75 Å². The fraction of sp³-hybridized carbons (Fsp3) is 0.719. The molecular weight excluding hydrogens is 528 g/mol. The van der Waals surface area contributed by atoms with Crippen molar-refractivity contribution in [2.24, 2.45) is 0 Å². The maximum absolute atomic E-state index is 10.9. The van der Waals surface area contributed by atoms with E-state index in [0.717, 1.165) is 31.1 Å². The molecule has 1 rings (SSSR count). The third-order valence-electron chi connectivity index (χ3n) is 6.13. The van der Waals surface area contributed by atoms with Crippen molar-refractivity contribution in [2.75, 3.05) is 33.0 Å². The van der Waals surface area contributed by atoms with Gasteiger partial charge in [-0.05, 0) is 52.7 Å². The molecule has 0 aliphatic carbocycles. The van der Waals surface area contributed by atoms with E-state index in [-0.39, 0.29) is 43.7 Å². The van der Waals surface area contributed by atoms with Gasteiger partial charge in [0.05, 0.1) is 57.5 Å². The summed E-state index contributed by atoms with van der Waals surface area (Å²) in [6, 6.07) is 9.67. The lowest BCUT2D eigenvalue weighted by Crippen LogP contribution is -2.37. The number of ether oxygens (including phenoxy) is 5. The third-order valence-corrected chi connectivity index (χ3v) is 6.13. The molecule has 0 amide bonds. The lowest BCUT2D eigenvalue weighted by atomic mass is 10.0. The number of aliphatic hydroxyl groups excluding tert-OH is 2. The molecule has 1 aromatic rings. The van der Waals surface area contributed by atoms with Gasteiger partial charge in [-0.3, -0.25) is 0 Å². The molecule has 0 aliphatic heterocycles. The van der Waals surface area contributed by atoms with E-state index in [2.05, 4.69) is 13.5 Å². The number of unbranched alkanes of at least 4 members (excludes halogenated alkanes) is 5. The highest BCUT2D eigenvalue weighted by Gasteiger charge is 2.22. The van der Waals surface area contributed by atoms with Crippen LogP contribution in [0.15, 0.2) is 43.0 Å². The minimum absolute atomic E-state index is 0.00298. The molecule has 1 aromatic carbocycles. The molecular formula is C32H56O9. The van der Waals surface area contributed by atoms with Gasteiger partial charge >= 0.3 is 5.97 Å². The van der Waals surface area contributed by atoms with Gasteiger partial charge in [-0.2, -0.15) is 0 Å². The second-order valence-electron chi connectivity index (χ2n) is 10.4. The zero-order valence-electron chi connectivity index (χ0n) is 25.9. The Bertz CT molecular complexity index is 746. The Morgan fingerprint density at radius 3 is 1.76 bits per heavy atom. The fourth-order valence-electron chi connectivity index (χ4n) is 3.60. The van der Waals surface area contributed by atoms with E-state index in [1.54, 1.807) is 0 Å². The summed E-state index contributed by atoms with van der Waals surface area (Å²) in [6.45, 7) is 14.3. The second-order valence-corrected chi connectivity index (χ2v) is 10.4. The zero-order valence-corrected chi connectivity index (χ0v) is 25.9. The monoisotopic (exact) mass is 584 g/mol. The predicted octanol–water partition coefficient (Wildman–Crippen LogP) is 5.42. The lowest BCUT2D eigenvalue weighted by Gasteiger charge is -2.26. The molecule has 0 aliphatic rings. The summed E-state index contributed by atoms with van der Waals surface area (Å²) in [7, 11) is 0. The van der Waals surface area contributed by atoms with Crippen LogP contribution in [0.1, 0.15) is 79.6 Å². The van der Waals surface area contributed by atoms with Gasteiger partial charge in [0, 0.05) is 6.08 Å². The van der Waals surface area contributed by atoms with Crippen molar-refractivity contribution in [2.45, 2.75) is 116 Å². The number of aliphatic carboxylic acids is 1. The first-order chi connectivity index (χ1) is 19.6. The number of hydrogen-bond donors (Lipinski definition) is 3. The molecule has 3 N–H and O–H groups in total. The SMILES string of the molecule is C=CC(=O)O.CCCCCCCCC(Oc1ccccc1)C(O)COC(C)COC(C)COC(C)COC(C)CO. The quantitative estimate of drug-likeness (QED) is 0.108. The summed E-state index contributed by atoms with van der Waals surface area (Å²) in [4.78, 5) is 9.25. The van der Waals surface area contributed by atoms with Gasteiger partial charge in [-0.25, -0.2) is 4.79 Å². The number of rotatable bonds is 24. The Morgan fingerprint density at radius 2 is 1.27 bits per heavy atom.